The Balaban J connectivity index is 1.68. The molecule has 2 aromatic rings. The predicted octanol–water partition coefficient (Wildman–Crippen LogP) is 1.65. The first-order valence-corrected chi connectivity index (χ1v) is 6.15. The van der Waals surface area contributed by atoms with Crippen LogP contribution in [0.2, 0.25) is 0 Å². The summed E-state index contributed by atoms with van der Waals surface area (Å²) >= 11 is 0. The van der Waals surface area contributed by atoms with Gasteiger partial charge < -0.3 is 14.2 Å². The second kappa shape index (κ2) is 4.85. The van der Waals surface area contributed by atoms with Crippen molar-refractivity contribution in [1.29, 1.82) is 0 Å². The fraction of sp³-hybridized carbons (Fsp3) is 0.417. The van der Waals surface area contributed by atoms with Crippen molar-refractivity contribution in [3.05, 3.63) is 29.5 Å². The van der Waals surface area contributed by atoms with Crippen LogP contribution in [0.1, 0.15) is 40.9 Å². The molecule has 2 N–H and O–H groups in total. The zero-order valence-corrected chi connectivity index (χ0v) is 10.5. The Hall–Kier alpha value is -2.15. The molecule has 3 rings (SSSR count). The van der Waals surface area contributed by atoms with E-state index in [1.54, 1.807) is 13.0 Å². The summed E-state index contributed by atoms with van der Waals surface area (Å²) in [5, 5.41) is 13.5. The first kappa shape index (κ1) is 11.9. The van der Waals surface area contributed by atoms with Gasteiger partial charge in [-0.1, -0.05) is 5.10 Å². The van der Waals surface area contributed by atoms with Gasteiger partial charge in [-0.25, -0.2) is 0 Å². The van der Waals surface area contributed by atoms with Crippen LogP contribution in [-0.4, -0.2) is 22.6 Å². The summed E-state index contributed by atoms with van der Waals surface area (Å²) in [6, 6.07) is 1.84. The maximum absolute atomic E-state index is 11.8. The monoisotopic (exact) mass is 262 g/mol. The first-order chi connectivity index (χ1) is 9.22. The van der Waals surface area contributed by atoms with E-state index in [0.717, 1.165) is 19.4 Å². The van der Waals surface area contributed by atoms with E-state index >= 15 is 0 Å². The SMILES string of the molecule is Cc1cc(C(=O)Nc2nnc(C3CCCN3)o2)co1. The molecule has 7 heteroatoms. The van der Waals surface area contributed by atoms with Crippen LogP contribution in [0.25, 0.3) is 0 Å². The molecule has 1 fully saturated rings. The van der Waals surface area contributed by atoms with Gasteiger partial charge in [-0.3, -0.25) is 10.1 Å². The van der Waals surface area contributed by atoms with Gasteiger partial charge in [0.05, 0.1) is 11.6 Å². The maximum atomic E-state index is 11.8. The highest BCUT2D eigenvalue weighted by Crippen LogP contribution is 2.23. The van der Waals surface area contributed by atoms with Gasteiger partial charge in [0.25, 0.3) is 5.91 Å². The van der Waals surface area contributed by atoms with Crippen molar-refractivity contribution < 1.29 is 13.6 Å². The van der Waals surface area contributed by atoms with Crippen LogP contribution in [0.5, 0.6) is 0 Å². The molecule has 2 aromatic heterocycles. The minimum Gasteiger partial charge on any atom is -0.469 e. The van der Waals surface area contributed by atoms with Crippen LogP contribution in [0, 0.1) is 6.92 Å². The van der Waals surface area contributed by atoms with Crippen molar-refractivity contribution in [2.24, 2.45) is 0 Å². The molecule has 0 aliphatic carbocycles. The molecule has 100 valence electrons. The highest BCUT2D eigenvalue weighted by molar-refractivity contribution is 6.02. The quantitative estimate of drug-likeness (QED) is 0.873. The molecule has 1 aliphatic heterocycles. The molecule has 0 bridgehead atoms. The lowest BCUT2D eigenvalue weighted by Gasteiger charge is -2.02. The number of rotatable bonds is 3. The van der Waals surface area contributed by atoms with Crippen molar-refractivity contribution in [1.82, 2.24) is 15.5 Å². The van der Waals surface area contributed by atoms with Gasteiger partial charge in [-0.15, -0.1) is 5.10 Å². The number of carbonyl (C=O) groups excluding carboxylic acids is 1. The number of hydrogen-bond donors (Lipinski definition) is 2. The van der Waals surface area contributed by atoms with Crippen molar-refractivity contribution in [2.75, 3.05) is 11.9 Å². The molecule has 7 nitrogen and oxygen atoms in total. The van der Waals surface area contributed by atoms with Gasteiger partial charge >= 0.3 is 6.01 Å². The van der Waals surface area contributed by atoms with E-state index in [2.05, 4.69) is 20.8 Å². The van der Waals surface area contributed by atoms with E-state index in [1.165, 1.54) is 6.26 Å². The van der Waals surface area contributed by atoms with Gasteiger partial charge in [0.15, 0.2) is 0 Å². The summed E-state index contributed by atoms with van der Waals surface area (Å²) < 4.78 is 10.5. The molecule has 0 spiro atoms. The molecule has 0 radical (unpaired) electrons. The molecule has 1 amide bonds. The largest absolute Gasteiger partial charge is 0.469 e. The van der Waals surface area contributed by atoms with E-state index in [-0.39, 0.29) is 18.0 Å². The van der Waals surface area contributed by atoms with Crippen LogP contribution in [0.4, 0.5) is 6.01 Å². The highest BCUT2D eigenvalue weighted by atomic mass is 16.4. The third-order valence-corrected chi connectivity index (χ3v) is 3.01. The Bertz CT molecular complexity index is 583. The minimum absolute atomic E-state index is 0.0920. The molecule has 1 saturated heterocycles. The van der Waals surface area contributed by atoms with E-state index in [4.69, 9.17) is 8.83 Å². The predicted molar refractivity (Wildman–Crippen MR) is 65.7 cm³/mol. The van der Waals surface area contributed by atoms with Crippen molar-refractivity contribution in [2.45, 2.75) is 25.8 Å². The highest BCUT2D eigenvalue weighted by Gasteiger charge is 2.22. The Morgan fingerprint density at radius 3 is 3.11 bits per heavy atom. The summed E-state index contributed by atoms with van der Waals surface area (Å²) in [6.07, 6.45) is 3.44. The third-order valence-electron chi connectivity index (χ3n) is 3.01. The molecule has 1 unspecified atom stereocenters. The molecule has 3 heterocycles. The summed E-state index contributed by atoms with van der Waals surface area (Å²) in [5.41, 5.74) is 0.427. The third kappa shape index (κ3) is 2.50. The minimum atomic E-state index is -0.327. The number of amides is 1. The maximum Gasteiger partial charge on any atom is 0.322 e. The average molecular weight is 262 g/mol. The fourth-order valence-electron chi connectivity index (χ4n) is 2.05. The molecular weight excluding hydrogens is 248 g/mol. The smallest absolute Gasteiger partial charge is 0.322 e. The molecule has 1 aliphatic rings. The van der Waals surface area contributed by atoms with Crippen LogP contribution >= 0.6 is 0 Å². The topological polar surface area (TPSA) is 93.2 Å². The fourth-order valence-corrected chi connectivity index (χ4v) is 2.05. The number of nitrogens with zero attached hydrogens (tertiary/aromatic N) is 2. The van der Waals surface area contributed by atoms with Gasteiger partial charge in [0, 0.05) is 0 Å². The zero-order chi connectivity index (χ0) is 13.2. The lowest BCUT2D eigenvalue weighted by Crippen LogP contribution is -2.13. The van der Waals surface area contributed by atoms with Crippen molar-refractivity contribution >= 4 is 11.9 Å². The summed E-state index contributed by atoms with van der Waals surface area (Å²) in [4.78, 5) is 11.8. The molecule has 0 saturated carbocycles. The Kier molecular flexibility index (Phi) is 3.04. The van der Waals surface area contributed by atoms with Crippen LogP contribution in [0.3, 0.4) is 0 Å². The molecule has 0 aromatic carbocycles. The number of aryl methyl sites for hydroxylation is 1. The lowest BCUT2D eigenvalue weighted by atomic mass is 10.2. The second-order valence-corrected chi connectivity index (χ2v) is 4.49. The van der Waals surface area contributed by atoms with Crippen molar-refractivity contribution in [3.8, 4) is 0 Å². The number of carbonyl (C=O) groups is 1. The number of nitrogens with one attached hydrogen (secondary N) is 2. The summed E-state index contributed by atoms with van der Waals surface area (Å²) in [5.74, 6) is 0.856. The number of anilines is 1. The zero-order valence-electron chi connectivity index (χ0n) is 10.5. The van der Waals surface area contributed by atoms with E-state index < -0.39 is 0 Å². The van der Waals surface area contributed by atoms with E-state index in [0.29, 0.717) is 17.2 Å². The summed E-state index contributed by atoms with van der Waals surface area (Å²) in [7, 11) is 0. The molecule has 19 heavy (non-hydrogen) atoms. The van der Waals surface area contributed by atoms with Gasteiger partial charge in [-0.2, -0.15) is 0 Å². The lowest BCUT2D eigenvalue weighted by molar-refractivity contribution is 0.102. The van der Waals surface area contributed by atoms with Crippen LogP contribution < -0.4 is 10.6 Å². The molecular formula is C12H14N4O3. The Morgan fingerprint density at radius 1 is 1.53 bits per heavy atom. The number of aromatic nitrogens is 2. The molecule has 1 atom stereocenters. The van der Waals surface area contributed by atoms with Gasteiger partial charge in [0.1, 0.15) is 12.0 Å². The standard InChI is InChI=1S/C12H14N4O3/c1-7-5-8(6-18-7)10(17)14-12-16-15-11(19-12)9-3-2-4-13-9/h5-6,9,13H,2-4H2,1H3,(H,14,16,17). The van der Waals surface area contributed by atoms with Crippen LogP contribution in [0.15, 0.2) is 21.2 Å². The Labute approximate surface area is 109 Å². The number of furan rings is 1. The van der Waals surface area contributed by atoms with Gasteiger partial charge in [0.2, 0.25) is 5.89 Å². The normalized spacial score (nSPS) is 18.7. The first-order valence-electron chi connectivity index (χ1n) is 6.15. The van der Waals surface area contributed by atoms with E-state index in [1.807, 2.05) is 0 Å². The number of hydrogen-bond acceptors (Lipinski definition) is 6. The Morgan fingerprint density at radius 2 is 2.42 bits per heavy atom. The van der Waals surface area contributed by atoms with Gasteiger partial charge in [-0.05, 0) is 32.4 Å². The van der Waals surface area contributed by atoms with Crippen molar-refractivity contribution in [3.63, 3.8) is 0 Å². The summed E-state index contributed by atoms with van der Waals surface area (Å²) in [6.45, 7) is 2.72. The van der Waals surface area contributed by atoms with E-state index in [9.17, 15) is 4.79 Å². The average Bonchev–Trinajstić information content (AvgIpc) is 3.07. The second-order valence-electron chi connectivity index (χ2n) is 4.49. The van der Waals surface area contributed by atoms with Crippen LogP contribution in [-0.2, 0) is 0 Å².